The van der Waals surface area contributed by atoms with Gasteiger partial charge in [-0.25, -0.2) is 0 Å². The van der Waals surface area contributed by atoms with E-state index in [0.29, 0.717) is 56.3 Å². The number of fused-ring (bicyclic) bond motifs is 1. The fourth-order valence-electron chi connectivity index (χ4n) is 5.24. The highest BCUT2D eigenvalue weighted by molar-refractivity contribution is 5.99. The number of benzene rings is 2. The summed E-state index contributed by atoms with van der Waals surface area (Å²) in [7, 11) is 3.70. The number of anilines is 1. The Morgan fingerprint density at radius 2 is 1.93 bits per heavy atom. The van der Waals surface area contributed by atoms with Crippen LogP contribution >= 0.6 is 0 Å². The summed E-state index contributed by atoms with van der Waals surface area (Å²) in [6.07, 6.45) is 0.155. The molecule has 4 rings (SSSR count). The van der Waals surface area contributed by atoms with Gasteiger partial charge in [0.15, 0.2) is 0 Å². The minimum atomic E-state index is -0.361. The second-order valence-electron chi connectivity index (χ2n) is 11.1. The molecule has 2 aromatic carbocycles. The molecule has 10 heteroatoms. The van der Waals surface area contributed by atoms with Gasteiger partial charge in [0, 0.05) is 57.3 Å². The molecule has 0 aromatic heterocycles. The van der Waals surface area contributed by atoms with Crippen molar-refractivity contribution < 1.29 is 28.9 Å². The van der Waals surface area contributed by atoms with E-state index in [2.05, 4.69) is 29.1 Å². The Morgan fingerprint density at radius 3 is 2.61 bits per heavy atom. The second kappa shape index (κ2) is 14.6. The summed E-state index contributed by atoms with van der Waals surface area (Å²) < 4.78 is 17.2. The number of likely N-dealkylation sites (N-methyl/N-ethyl adjacent to an activating group) is 1. The molecule has 10 nitrogen and oxygen atoms in total. The number of carbonyl (C=O) groups excluding carboxylic acids is 2. The van der Waals surface area contributed by atoms with Gasteiger partial charge < -0.3 is 29.5 Å². The number of methoxy groups -OCH3 is 1. The number of hydrogen-bond acceptors (Lipinski definition) is 8. The summed E-state index contributed by atoms with van der Waals surface area (Å²) in [6.45, 7) is 9.27. The van der Waals surface area contributed by atoms with Crippen LogP contribution in [0.1, 0.15) is 36.2 Å². The predicted octanol–water partition coefficient (Wildman–Crippen LogP) is 2.71. The van der Waals surface area contributed by atoms with E-state index in [1.54, 1.807) is 30.2 Å². The molecule has 2 amide bonds. The fourth-order valence-corrected chi connectivity index (χ4v) is 5.24. The van der Waals surface area contributed by atoms with Crippen molar-refractivity contribution in [3.05, 3.63) is 53.6 Å². The molecule has 1 fully saturated rings. The van der Waals surface area contributed by atoms with Crippen molar-refractivity contribution in [1.82, 2.24) is 14.7 Å². The van der Waals surface area contributed by atoms with Crippen LogP contribution in [0.5, 0.6) is 11.5 Å². The quantitative estimate of drug-likeness (QED) is 0.427. The van der Waals surface area contributed by atoms with Crippen LogP contribution in [0.15, 0.2) is 42.5 Å². The summed E-state index contributed by atoms with van der Waals surface area (Å²) >= 11 is 0. The number of nitrogens with zero attached hydrogens (tertiary/aromatic N) is 3. The Labute approximate surface area is 243 Å². The van der Waals surface area contributed by atoms with Crippen LogP contribution < -0.4 is 14.8 Å². The Hall–Kier alpha value is -3.18. The lowest BCUT2D eigenvalue weighted by atomic mass is 9.99. The van der Waals surface area contributed by atoms with Gasteiger partial charge in [0.05, 0.1) is 38.5 Å². The zero-order valence-corrected chi connectivity index (χ0v) is 24.7. The van der Waals surface area contributed by atoms with Crippen molar-refractivity contribution in [3.8, 4) is 11.5 Å². The van der Waals surface area contributed by atoms with Crippen molar-refractivity contribution >= 4 is 17.5 Å². The van der Waals surface area contributed by atoms with Crippen LogP contribution in [0.2, 0.25) is 0 Å². The molecule has 2 aliphatic rings. The molecule has 0 saturated carbocycles. The van der Waals surface area contributed by atoms with Crippen molar-refractivity contribution in [2.45, 2.75) is 39.0 Å². The smallest absolute Gasteiger partial charge is 0.258 e. The first-order valence-electron chi connectivity index (χ1n) is 14.4. The molecule has 224 valence electrons. The molecule has 2 N–H and O–H groups in total. The van der Waals surface area contributed by atoms with Crippen LogP contribution in [0.3, 0.4) is 0 Å². The molecule has 1 saturated heterocycles. The lowest BCUT2D eigenvalue weighted by Gasteiger charge is -2.38. The topological polar surface area (TPSA) is 104 Å². The van der Waals surface area contributed by atoms with Crippen LogP contribution in [-0.4, -0.2) is 110 Å². The van der Waals surface area contributed by atoms with Gasteiger partial charge in [-0.2, -0.15) is 0 Å². The zero-order chi connectivity index (χ0) is 29.4. The molecule has 0 bridgehead atoms. The third kappa shape index (κ3) is 8.42. The molecule has 3 atom stereocenters. The molecule has 0 unspecified atom stereocenters. The zero-order valence-electron chi connectivity index (χ0n) is 24.7. The molecular formula is C31H44N4O6. The van der Waals surface area contributed by atoms with Crippen molar-refractivity contribution in [2.75, 3.05) is 72.0 Å². The number of aliphatic hydroxyl groups excluding tert-OH is 1. The van der Waals surface area contributed by atoms with Crippen molar-refractivity contribution in [1.29, 1.82) is 0 Å². The predicted molar refractivity (Wildman–Crippen MR) is 157 cm³/mol. The highest BCUT2D eigenvalue weighted by Gasteiger charge is 2.33. The highest BCUT2D eigenvalue weighted by Crippen LogP contribution is 2.31. The molecule has 0 spiro atoms. The summed E-state index contributed by atoms with van der Waals surface area (Å²) in [5.74, 6) is 0.982. The summed E-state index contributed by atoms with van der Waals surface area (Å²) in [5, 5.41) is 12.9. The number of rotatable bonds is 11. The highest BCUT2D eigenvalue weighted by atomic mass is 16.5. The fraction of sp³-hybridized carbons (Fsp3) is 0.548. The average Bonchev–Trinajstić information content (AvgIpc) is 2.98. The molecule has 41 heavy (non-hydrogen) atoms. The standard InChI is InChI=1S/C31H44N4O6/c1-22-18-35(23(2)21-36)31(38)27-17-25(32-30(37)11-12-34-13-15-40-16-14-34)7-10-28(27)41-29(22)20-33(3)19-24-5-8-26(39-4)9-6-24/h5-10,17,22-23,29,36H,11-16,18-21H2,1-4H3,(H,32,37)/t22-,23+,29+/m1/s1. The number of aliphatic hydroxyl groups is 1. The summed E-state index contributed by atoms with van der Waals surface area (Å²) in [5.41, 5.74) is 2.09. The first-order valence-corrected chi connectivity index (χ1v) is 14.4. The normalized spacial score (nSPS) is 20.5. The number of morpholine rings is 1. The van der Waals surface area contributed by atoms with E-state index in [9.17, 15) is 14.7 Å². The Kier molecular flexibility index (Phi) is 11.0. The summed E-state index contributed by atoms with van der Waals surface area (Å²) in [6, 6.07) is 12.9. The third-order valence-corrected chi connectivity index (χ3v) is 7.81. The molecular weight excluding hydrogens is 524 g/mol. The first kappa shape index (κ1) is 30.8. The minimum Gasteiger partial charge on any atom is -0.497 e. The van der Waals surface area contributed by atoms with E-state index in [0.717, 1.165) is 30.9 Å². The number of nitrogens with one attached hydrogen (secondary N) is 1. The van der Waals surface area contributed by atoms with Gasteiger partial charge in [-0.1, -0.05) is 19.1 Å². The van der Waals surface area contributed by atoms with E-state index >= 15 is 0 Å². The van der Waals surface area contributed by atoms with E-state index in [1.165, 1.54) is 0 Å². The molecule has 0 aliphatic carbocycles. The van der Waals surface area contributed by atoms with Gasteiger partial charge in [0.1, 0.15) is 17.6 Å². The number of amides is 2. The SMILES string of the molecule is COc1ccc(CN(C)C[C@@H]2Oc3ccc(NC(=O)CCN4CCOCC4)cc3C(=O)N([C@@H](C)CO)C[C@H]2C)cc1. The Morgan fingerprint density at radius 1 is 1.20 bits per heavy atom. The maximum absolute atomic E-state index is 13.7. The molecule has 0 radical (unpaired) electrons. The van der Waals surface area contributed by atoms with E-state index in [1.807, 2.05) is 31.2 Å². The van der Waals surface area contributed by atoms with Gasteiger partial charge in [-0.05, 0) is 49.9 Å². The van der Waals surface area contributed by atoms with Gasteiger partial charge in [0.2, 0.25) is 5.91 Å². The van der Waals surface area contributed by atoms with Gasteiger partial charge in [-0.3, -0.25) is 19.4 Å². The van der Waals surface area contributed by atoms with Crippen LogP contribution in [0.25, 0.3) is 0 Å². The van der Waals surface area contributed by atoms with Gasteiger partial charge in [0.25, 0.3) is 5.91 Å². The lowest BCUT2D eigenvalue weighted by molar-refractivity contribution is -0.116. The maximum atomic E-state index is 13.7. The Bertz CT molecular complexity index is 1150. The third-order valence-electron chi connectivity index (χ3n) is 7.81. The molecule has 2 aliphatic heterocycles. The largest absolute Gasteiger partial charge is 0.497 e. The monoisotopic (exact) mass is 568 g/mol. The average molecular weight is 569 g/mol. The summed E-state index contributed by atoms with van der Waals surface area (Å²) in [4.78, 5) is 32.5. The number of ether oxygens (including phenoxy) is 3. The number of hydrogen-bond donors (Lipinski definition) is 2. The van der Waals surface area contributed by atoms with E-state index < -0.39 is 0 Å². The van der Waals surface area contributed by atoms with Gasteiger partial charge >= 0.3 is 0 Å². The number of carbonyl (C=O) groups is 2. The lowest BCUT2D eigenvalue weighted by Crippen LogP contribution is -2.49. The van der Waals surface area contributed by atoms with Crippen LogP contribution in [0.4, 0.5) is 5.69 Å². The van der Waals surface area contributed by atoms with Crippen LogP contribution in [0, 0.1) is 5.92 Å². The Balaban J connectivity index is 1.49. The van der Waals surface area contributed by atoms with Gasteiger partial charge in [-0.15, -0.1) is 0 Å². The molecule has 2 heterocycles. The van der Waals surface area contributed by atoms with E-state index in [4.69, 9.17) is 14.2 Å². The maximum Gasteiger partial charge on any atom is 0.258 e. The van der Waals surface area contributed by atoms with Crippen LogP contribution in [-0.2, 0) is 16.1 Å². The molecule has 2 aromatic rings. The van der Waals surface area contributed by atoms with E-state index in [-0.39, 0.29) is 36.5 Å². The van der Waals surface area contributed by atoms with Crippen molar-refractivity contribution in [3.63, 3.8) is 0 Å². The second-order valence-corrected chi connectivity index (χ2v) is 11.1. The minimum absolute atomic E-state index is 0.0129. The van der Waals surface area contributed by atoms with Crippen molar-refractivity contribution in [2.24, 2.45) is 5.92 Å². The first-order chi connectivity index (χ1) is 19.8.